The van der Waals surface area contributed by atoms with Crippen LogP contribution in [0.15, 0.2) is 27.8 Å². The van der Waals surface area contributed by atoms with Crippen molar-refractivity contribution in [2.45, 2.75) is 13.3 Å². The Kier molecular flexibility index (Phi) is 3.83. The number of halogens is 1. The lowest BCUT2D eigenvalue weighted by Crippen LogP contribution is -2.01. The van der Waals surface area contributed by atoms with Crippen LogP contribution in [0.4, 0.5) is 0 Å². The lowest BCUT2D eigenvalue weighted by atomic mass is 10.0. The molecule has 0 fully saturated rings. The van der Waals surface area contributed by atoms with Gasteiger partial charge in [0, 0.05) is 16.5 Å². The largest absolute Gasteiger partial charge is 0.411 e. The van der Waals surface area contributed by atoms with E-state index in [1.807, 2.05) is 12.1 Å². The minimum Gasteiger partial charge on any atom is -0.411 e. The van der Waals surface area contributed by atoms with Gasteiger partial charge in [-0.25, -0.2) is 0 Å². The van der Waals surface area contributed by atoms with Gasteiger partial charge >= 0.3 is 0 Å². The molecule has 1 aromatic carbocycles. The maximum atomic E-state index is 10.7. The number of hydrogen-bond acceptors (Lipinski definition) is 3. The van der Waals surface area contributed by atoms with Crippen LogP contribution in [-0.4, -0.2) is 17.2 Å². The van der Waals surface area contributed by atoms with Gasteiger partial charge < -0.3 is 5.21 Å². The summed E-state index contributed by atoms with van der Waals surface area (Å²) in [5.41, 5.74) is 2.05. The van der Waals surface area contributed by atoms with Crippen LogP contribution in [0.3, 0.4) is 0 Å². The summed E-state index contributed by atoms with van der Waals surface area (Å²) in [6.07, 6.45) is 1.28. The Balaban J connectivity index is 3.02. The highest BCUT2D eigenvalue weighted by molar-refractivity contribution is 9.10. The fourth-order valence-corrected chi connectivity index (χ4v) is 1.53. The molecule has 0 heterocycles. The zero-order valence-corrected chi connectivity index (χ0v) is 9.28. The van der Waals surface area contributed by atoms with Gasteiger partial charge in [0.25, 0.3) is 0 Å². The number of aldehydes is 1. The number of benzene rings is 1. The number of carbonyl (C=O) groups excluding carboxylic acids is 1. The quantitative estimate of drug-likeness (QED) is 0.391. The third-order valence-corrected chi connectivity index (χ3v) is 2.35. The van der Waals surface area contributed by atoms with Crippen LogP contribution in [0.25, 0.3) is 0 Å². The van der Waals surface area contributed by atoms with Crippen molar-refractivity contribution in [1.29, 1.82) is 0 Å². The predicted molar refractivity (Wildman–Crippen MR) is 58.1 cm³/mol. The number of oxime groups is 1. The minimum atomic E-state index is 0.484. The molecule has 0 saturated heterocycles. The molecule has 0 aliphatic rings. The van der Waals surface area contributed by atoms with Crippen LogP contribution < -0.4 is 0 Å². The highest BCUT2D eigenvalue weighted by Crippen LogP contribution is 2.16. The molecule has 0 radical (unpaired) electrons. The summed E-state index contributed by atoms with van der Waals surface area (Å²) in [5.74, 6) is 0. The summed E-state index contributed by atoms with van der Waals surface area (Å²) >= 11 is 3.28. The average molecular weight is 256 g/mol. The van der Waals surface area contributed by atoms with Crippen LogP contribution >= 0.6 is 15.9 Å². The van der Waals surface area contributed by atoms with Gasteiger partial charge in [0.15, 0.2) is 0 Å². The number of carbonyl (C=O) groups is 1. The molecular formula is C10H10BrNO2. The van der Waals surface area contributed by atoms with Gasteiger partial charge in [-0.15, -0.1) is 0 Å². The van der Waals surface area contributed by atoms with Crippen molar-refractivity contribution in [2.24, 2.45) is 5.16 Å². The van der Waals surface area contributed by atoms with Crippen molar-refractivity contribution in [3.63, 3.8) is 0 Å². The van der Waals surface area contributed by atoms with Crippen LogP contribution in [0.1, 0.15) is 22.8 Å². The topological polar surface area (TPSA) is 49.7 Å². The maximum absolute atomic E-state index is 10.7. The van der Waals surface area contributed by atoms with E-state index in [-0.39, 0.29) is 0 Å². The lowest BCUT2D eigenvalue weighted by Gasteiger charge is -2.03. The van der Waals surface area contributed by atoms with Crippen molar-refractivity contribution in [2.75, 3.05) is 0 Å². The average Bonchev–Trinajstić information content (AvgIpc) is 2.20. The summed E-state index contributed by atoms with van der Waals surface area (Å²) in [5, 5.41) is 11.6. The second-order valence-corrected chi connectivity index (χ2v) is 3.89. The van der Waals surface area contributed by atoms with Crippen molar-refractivity contribution in [3.05, 3.63) is 33.8 Å². The molecular weight excluding hydrogens is 246 g/mol. The minimum absolute atomic E-state index is 0.484. The van der Waals surface area contributed by atoms with Gasteiger partial charge in [0.1, 0.15) is 6.29 Å². The zero-order chi connectivity index (χ0) is 10.6. The van der Waals surface area contributed by atoms with Crippen molar-refractivity contribution in [1.82, 2.24) is 0 Å². The predicted octanol–water partition coefficient (Wildman–Crippen LogP) is 2.65. The maximum Gasteiger partial charge on any atom is 0.150 e. The molecule has 0 spiro atoms. The molecule has 0 saturated carbocycles. The Bertz CT molecular complexity index is 374. The van der Waals surface area contributed by atoms with Crippen molar-refractivity contribution >= 4 is 27.9 Å². The molecule has 1 N–H and O–H groups in total. The van der Waals surface area contributed by atoms with E-state index in [0.29, 0.717) is 17.7 Å². The normalized spacial score (nSPS) is 11.4. The summed E-state index contributed by atoms with van der Waals surface area (Å²) in [7, 11) is 0. The first kappa shape index (κ1) is 10.9. The molecule has 0 atom stereocenters. The lowest BCUT2D eigenvalue weighted by molar-refractivity contribution is 0.112. The molecule has 0 aliphatic heterocycles. The molecule has 14 heavy (non-hydrogen) atoms. The van der Waals surface area contributed by atoms with Crippen molar-refractivity contribution in [3.8, 4) is 0 Å². The van der Waals surface area contributed by atoms with E-state index in [4.69, 9.17) is 5.21 Å². The zero-order valence-electron chi connectivity index (χ0n) is 7.70. The molecule has 0 bridgehead atoms. The second kappa shape index (κ2) is 4.91. The van der Waals surface area contributed by atoms with E-state index in [1.54, 1.807) is 13.0 Å². The molecule has 1 rings (SSSR count). The number of nitrogens with zero attached hydrogens (tertiary/aromatic N) is 1. The van der Waals surface area contributed by atoms with E-state index in [0.717, 1.165) is 16.3 Å². The van der Waals surface area contributed by atoms with E-state index >= 15 is 0 Å². The Labute approximate surface area is 90.6 Å². The van der Waals surface area contributed by atoms with E-state index in [1.165, 1.54) is 0 Å². The van der Waals surface area contributed by atoms with Gasteiger partial charge in [-0.05, 0) is 24.6 Å². The van der Waals surface area contributed by atoms with E-state index in [2.05, 4.69) is 21.1 Å². The highest BCUT2D eigenvalue weighted by Gasteiger charge is 2.03. The molecule has 0 aromatic heterocycles. The molecule has 3 nitrogen and oxygen atoms in total. The van der Waals surface area contributed by atoms with E-state index < -0.39 is 0 Å². The first-order valence-corrected chi connectivity index (χ1v) is 4.88. The molecule has 74 valence electrons. The first-order valence-electron chi connectivity index (χ1n) is 4.08. The van der Waals surface area contributed by atoms with Gasteiger partial charge in [0.05, 0.1) is 5.71 Å². The molecule has 0 aliphatic carbocycles. The molecule has 1 aromatic rings. The van der Waals surface area contributed by atoms with E-state index in [9.17, 15) is 4.79 Å². The smallest absolute Gasteiger partial charge is 0.150 e. The molecule has 4 heteroatoms. The van der Waals surface area contributed by atoms with Crippen LogP contribution in [0.5, 0.6) is 0 Å². The Morgan fingerprint density at radius 3 is 2.93 bits per heavy atom. The first-order chi connectivity index (χ1) is 6.67. The summed E-state index contributed by atoms with van der Waals surface area (Å²) < 4.78 is 0.863. The Hall–Kier alpha value is -1.16. The summed E-state index contributed by atoms with van der Waals surface area (Å²) in [4.78, 5) is 10.7. The Morgan fingerprint density at radius 1 is 1.64 bits per heavy atom. The van der Waals surface area contributed by atoms with Gasteiger partial charge in [-0.3, -0.25) is 4.79 Å². The fraction of sp³-hybridized carbons (Fsp3) is 0.200. The third-order valence-electron chi connectivity index (χ3n) is 1.85. The van der Waals surface area contributed by atoms with Gasteiger partial charge in [0.2, 0.25) is 0 Å². The third kappa shape index (κ3) is 2.67. The van der Waals surface area contributed by atoms with Crippen LogP contribution in [0.2, 0.25) is 0 Å². The summed E-state index contributed by atoms with van der Waals surface area (Å²) in [6.45, 7) is 1.70. The Morgan fingerprint density at radius 2 is 2.36 bits per heavy atom. The van der Waals surface area contributed by atoms with Gasteiger partial charge in [-0.2, -0.15) is 0 Å². The highest BCUT2D eigenvalue weighted by atomic mass is 79.9. The monoisotopic (exact) mass is 255 g/mol. The summed E-state index contributed by atoms with van der Waals surface area (Å²) in [6, 6.07) is 5.43. The molecule has 0 amide bonds. The van der Waals surface area contributed by atoms with Gasteiger partial charge in [-0.1, -0.05) is 27.2 Å². The molecule has 0 unspecified atom stereocenters. The fourth-order valence-electron chi connectivity index (χ4n) is 1.15. The number of hydrogen-bond donors (Lipinski definition) is 1. The van der Waals surface area contributed by atoms with Crippen LogP contribution in [0, 0.1) is 0 Å². The van der Waals surface area contributed by atoms with Crippen molar-refractivity contribution < 1.29 is 10.0 Å². The number of rotatable bonds is 3. The second-order valence-electron chi connectivity index (χ2n) is 2.97. The SMILES string of the molecule is C/C(Cc1ccc(Br)cc1C=O)=N\O. The van der Waals surface area contributed by atoms with Crippen LogP contribution in [-0.2, 0) is 6.42 Å². The standard InChI is InChI=1S/C10H10BrNO2/c1-7(12-14)4-8-2-3-10(11)5-9(8)6-13/h2-3,5-6,14H,4H2,1H3/b12-7+.